The Kier molecular flexibility index (Phi) is 4.35. The lowest BCUT2D eigenvalue weighted by Crippen LogP contribution is -2.41. The van der Waals surface area contributed by atoms with Crippen molar-refractivity contribution >= 4 is 23.3 Å². The lowest BCUT2D eigenvalue weighted by atomic mass is 9.72. The summed E-state index contributed by atoms with van der Waals surface area (Å²) in [6.45, 7) is 2.82. The van der Waals surface area contributed by atoms with Crippen LogP contribution in [0, 0.1) is 5.92 Å². The zero-order valence-corrected chi connectivity index (χ0v) is 16.0. The Labute approximate surface area is 166 Å². The van der Waals surface area contributed by atoms with Gasteiger partial charge in [-0.05, 0) is 12.1 Å². The van der Waals surface area contributed by atoms with Crippen molar-refractivity contribution in [2.45, 2.75) is 26.1 Å². The molecule has 0 aliphatic heterocycles. The van der Waals surface area contributed by atoms with E-state index in [2.05, 4.69) is 0 Å². The number of ketones is 3. The maximum absolute atomic E-state index is 13.3. The highest BCUT2D eigenvalue weighted by Crippen LogP contribution is 2.43. The summed E-state index contributed by atoms with van der Waals surface area (Å²) in [4.78, 5) is 51.0. The number of benzene rings is 2. The third-order valence-electron chi connectivity index (χ3n) is 5.52. The molecular weight excluding hydrogens is 376 g/mol. The first kappa shape index (κ1) is 19.0. The number of Topliss-reactive ketones (excluding diaryl/α,β-unsaturated/α-hetero) is 1. The summed E-state index contributed by atoms with van der Waals surface area (Å²) in [5.74, 6) is -2.63. The Morgan fingerprint density at radius 2 is 1.62 bits per heavy atom. The van der Waals surface area contributed by atoms with Crippen LogP contribution in [0.1, 0.15) is 67.7 Å². The van der Waals surface area contributed by atoms with Gasteiger partial charge in [-0.1, -0.05) is 25.1 Å². The Morgan fingerprint density at radius 3 is 2.28 bits per heavy atom. The second-order valence-corrected chi connectivity index (χ2v) is 7.19. The van der Waals surface area contributed by atoms with Crippen molar-refractivity contribution < 1.29 is 33.8 Å². The summed E-state index contributed by atoms with van der Waals surface area (Å²) in [6.07, 6.45) is -2.37. The topological polar surface area (TPSA) is 107 Å². The summed E-state index contributed by atoms with van der Waals surface area (Å²) in [5.41, 5.74) is 0.505. The third-order valence-corrected chi connectivity index (χ3v) is 5.52. The largest absolute Gasteiger partial charge is 0.496 e. The number of carbonyl (C=O) groups is 4. The summed E-state index contributed by atoms with van der Waals surface area (Å²) in [6, 6.07) is 7.63. The van der Waals surface area contributed by atoms with E-state index in [0.29, 0.717) is 5.56 Å². The predicted octanol–water partition coefficient (Wildman–Crippen LogP) is 2.27. The van der Waals surface area contributed by atoms with Gasteiger partial charge in [0.25, 0.3) is 0 Å². The zero-order valence-electron chi connectivity index (χ0n) is 16.0. The molecule has 0 saturated carbocycles. The number of ether oxygens (including phenoxy) is 2. The average Bonchev–Trinajstić information content (AvgIpc) is 2.71. The number of fused-ring (bicyclic) bond motifs is 4. The molecule has 4 rings (SSSR count). The maximum atomic E-state index is 13.3. The fourth-order valence-electron chi connectivity index (χ4n) is 4.13. The monoisotopic (exact) mass is 394 g/mol. The molecule has 0 aromatic heterocycles. The first-order valence-corrected chi connectivity index (χ1v) is 9.10. The second kappa shape index (κ2) is 6.63. The van der Waals surface area contributed by atoms with Crippen LogP contribution >= 0.6 is 0 Å². The minimum atomic E-state index is -1.46. The molecule has 2 aromatic carbocycles. The molecule has 0 amide bonds. The fourth-order valence-corrected chi connectivity index (χ4v) is 4.13. The van der Waals surface area contributed by atoms with Crippen molar-refractivity contribution in [1.82, 2.24) is 0 Å². The van der Waals surface area contributed by atoms with Gasteiger partial charge < -0.3 is 14.6 Å². The molecule has 0 bridgehead atoms. The predicted molar refractivity (Wildman–Crippen MR) is 100 cm³/mol. The van der Waals surface area contributed by atoms with E-state index in [4.69, 9.17) is 9.47 Å². The molecule has 0 radical (unpaired) electrons. The van der Waals surface area contributed by atoms with Crippen LogP contribution in [0.4, 0.5) is 0 Å². The molecule has 1 N–H and O–H groups in total. The molecule has 7 nitrogen and oxygen atoms in total. The van der Waals surface area contributed by atoms with Crippen LogP contribution in [-0.4, -0.2) is 41.6 Å². The minimum absolute atomic E-state index is 0.0578. The molecular formula is C22H18O7. The number of hydrogen-bond acceptors (Lipinski definition) is 7. The fraction of sp³-hybridized carbons (Fsp3) is 0.273. The Balaban J connectivity index is 2.00. The van der Waals surface area contributed by atoms with Crippen molar-refractivity contribution in [2.75, 3.05) is 7.11 Å². The molecule has 3 atom stereocenters. The molecule has 0 heterocycles. The molecule has 2 aliphatic rings. The van der Waals surface area contributed by atoms with Crippen molar-refractivity contribution in [3.63, 3.8) is 0 Å². The molecule has 0 fully saturated rings. The molecule has 2 aliphatic carbocycles. The number of hydrogen-bond donors (Lipinski definition) is 1. The van der Waals surface area contributed by atoms with E-state index in [9.17, 15) is 24.3 Å². The Bertz CT molecular complexity index is 1100. The Hall–Kier alpha value is -3.32. The van der Waals surface area contributed by atoms with Gasteiger partial charge in [0.15, 0.2) is 17.3 Å². The molecule has 3 unspecified atom stereocenters. The van der Waals surface area contributed by atoms with E-state index in [0.717, 1.165) is 0 Å². The van der Waals surface area contributed by atoms with E-state index in [1.165, 1.54) is 32.2 Å². The smallest absolute Gasteiger partial charge is 0.303 e. The highest BCUT2D eigenvalue weighted by molar-refractivity contribution is 6.32. The van der Waals surface area contributed by atoms with Gasteiger partial charge in [0.05, 0.1) is 12.7 Å². The van der Waals surface area contributed by atoms with Gasteiger partial charge in [0.2, 0.25) is 0 Å². The molecule has 148 valence electrons. The number of rotatable bonds is 2. The minimum Gasteiger partial charge on any atom is -0.496 e. The van der Waals surface area contributed by atoms with Gasteiger partial charge in [0.1, 0.15) is 18.0 Å². The Morgan fingerprint density at radius 1 is 0.966 bits per heavy atom. The highest BCUT2D eigenvalue weighted by atomic mass is 16.5. The van der Waals surface area contributed by atoms with Gasteiger partial charge in [-0.25, -0.2) is 0 Å². The molecule has 29 heavy (non-hydrogen) atoms. The quantitative estimate of drug-likeness (QED) is 0.665. The highest BCUT2D eigenvalue weighted by Gasteiger charge is 2.45. The van der Waals surface area contributed by atoms with Gasteiger partial charge in [-0.15, -0.1) is 0 Å². The van der Waals surface area contributed by atoms with Crippen molar-refractivity contribution in [1.29, 1.82) is 0 Å². The lowest BCUT2D eigenvalue weighted by Gasteiger charge is -2.35. The molecule has 2 aromatic rings. The normalized spacial score (nSPS) is 22.5. The van der Waals surface area contributed by atoms with Crippen molar-refractivity contribution in [3.8, 4) is 5.75 Å². The van der Waals surface area contributed by atoms with Gasteiger partial charge in [-0.2, -0.15) is 0 Å². The van der Waals surface area contributed by atoms with Gasteiger partial charge >= 0.3 is 5.97 Å². The van der Waals surface area contributed by atoms with Gasteiger partial charge in [-0.3, -0.25) is 19.2 Å². The van der Waals surface area contributed by atoms with Crippen molar-refractivity contribution in [2.24, 2.45) is 5.92 Å². The molecule has 0 spiro atoms. The number of methoxy groups -OCH3 is 1. The third kappa shape index (κ3) is 2.61. The number of aliphatic hydroxyl groups excluding tert-OH is 1. The van der Waals surface area contributed by atoms with Crippen LogP contribution < -0.4 is 4.74 Å². The average molecular weight is 394 g/mol. The van der Waals surface area contributed by atoms with E-state index >= 15 is 0 Å². The summed E-state index contributed by atoms with van der Waals surface area (Å²) in [5, 5.41) is 10.5. The van der Waals surface area contributed by atoms with E-state index in [-0.39, 0.29) is 33.6 Å². The standard InChI is InChI=1S/C22H18O7/c1-9-18(24)21(27)17-13(22(9)29-10(2)23)8-7-12-16(17)20(26)11-5-4-6-14(28-3)15(11)19(12)25/h4-9,18,22,24H,1-3H3. The first-order chi connectivity index (χ1) is 13.8. The summed E-state index contributed by atoms with van der Waals surface area (Å²) >= 11 is 0. The number of carbonyl (C=O) groups excluding carboxylic acids is 4. The van der Waals surface area contributed by atoms with Crippen LogP contribution in [0.15, 0.2) is 30.3 Å². The molecule has 0 saturated heterocycles. The van der Waals surface area contributed by atoms with Crippen molar-refractivity contribution in [3.05, 3.63) is 63.7 Å². The SMILES string of the molecule is COc1cccc2c1C(=O)c1ccc3c(c1C2=O)C(=O)C(O)C(C)C3OC(C)=O. The van der Waals surface area contributed by atoms with Gasteiger partial charge in [0, 0.05) is 40.7 Å². The van der Waals surface area contributed by atoms with Crippen LogP contribution in [0.25, 0.3) is 0 Å². The van der Waals surface area contributed by atoms with E-state index in [1.807, 2.05) is 0 Å². The number of aliphatic hydroxyl groups is 1. The summed E-state index contributed by atoms with van der Waals surface area (Å²) < 4.78 is 10.6. The van der Waals surface area contributed by atoms with Crippen LogP contribution in [0.3, 0.4) is 0 Å². The number of esters is 1. The lowest BCUT2D eigenvalue weighted by molar-refractivity contribution is -0.151. The zero-order chi connectivity index (χ0) is 21.0. The van der Waals surface area contributed by atoms with Crippen LogP contribution in [0.2, 0.25) is 0 Å². The van der Waals surface area contributed by atoms with E-state index in [1.54, 1.807) is 19.1 Å². The van der Waals surface area contributed by atoms with Crippen LogP contribution in [0.5, 0.6) is 5.75 Å². The van der Waals surface area contributed by atoms with E-state index < -0.39 is 41.4 Å². The second-order valence-electron chi connectivity index (χ2n) is 7.19. The molecule has 7 heteroatoms. The van der Waals surface area contributed by atoms with Crippen LogP contribution in [-0.2, 0) is 9.53 Å². The first-order valence-electron chi connectivity index (χ1n) is 9.10. The maximum Gasteiger partial charge on any atom is 0.303 e. The summed E-state index contributed by atoms with van der Waals surface area (Å²) in [7, 11) is 1.40.